The molecular weight excluding hydrogens is 448 g/mol. The number of aliphatic hydroxyl groups is 2. The molecule has 0 saturated carbocycles. The molecule has 34 heavy (non-hydrogen) atoms. The van der Waals surface area contributed by atoms with E-state index < -0.39 is 16.9 Å². The Kier molecular flexibility index (Phi) is 7.68. The third-order valence-electron chi connectivity index (χ3n) is 6.41. The average molecular weight is 481 g/mol. The van der Waals surface area contributed by atoms with Gasteiger partial charge in [0.2, 0.25) is 0 Å². The summed E-state index contributed by atoms with van der Waals surface area (Å²) in [4.78, 5) is 5.96. The molecule has 1 aliphatic heterocycles. The van der Waals surface area contributed by atoms with Gasteiger partial charge in [0.05, 0.1) is 44.7 Å². The van der Waals surface area contributed by atoms with Crippen LogP contribution >= 0.6 is 0 Å². The Balaban J connectivity index is 1.57. The van der Waals surface area contributed by atoms with Crippen molar-refractivity contribution in [3.8, 4) is 5.75 Å². The molecule has 180 valence electrons. The van der Waals surface area contributed by atoms with Crippen molar-refractivity contribution in [2.75, 3.05) is 31.1 Å². The second-order valence-corrected chi connectivity index (χ2v) is 10.2. The number of aliphatic hydroxyl groups excluding tert-OH is 2. The summed E-state index contributed by atoms with van der Waals surface area (Å²) in [5.74, 6) is 0.221. The molecule has 0 spiro atoms. The van der Waals surface area contributed by atoms with Gasteiger partial charge in [-0.05, 0) is 55.7 Å². The van der Waals surface area contributed by atoms with Crippen LogP contribution in [0.15, 0.2) is 70.5 Å². The third-order valence-corrected chi connectivity index (χ3v) is 7.89. The third kappa shape index (κ3) is 5.03. The minimum absolute atomic E-state index is 0.221. The first-order chi connectivity index (χ1) is 16.4. The predicted molar refractivity (Wildman–Crippen MR) is 135 cm³/mol. The van der Waals surface area contributed by atoms with Gasteiger partial charge in [-0.2, -0.15) is 0 Å². The van der Waals surface area contributed by atoms with Crippen molar-refractivity contribution in [3.63, 3.8) is 0 Å². The maximum Gasteiger partial charge on any atom is 0.120 e. The predicted octanol–water partition coefficient (Wildman–Crippen LogP) is 3.87. The molecule has 1 heterocycles. The topological polar surface area (TPSA) is 84.2 Å². The Bertz CT molecular complexity index is 1180. The fourth-order valence-corrected chi connectivity index (χ4v) is 5.94. The smallest absolute Gasteiger partial charge is 0.120 e. The van der Waals surface area contributed by atoms with E-state index in [1.807, 2.05) is 53.4 Å². The van der Waals surface area contributed by atoms with E-state index in [-0.39, 0.29) is 12.4 Å². The quantitative estimate of drug-likeness (QED) is 0.431. The van der Waals surface area contributed by atoms with Crippen molar-refractivity contribution < 1.29 is 19.5 Å². The van der Waals surface area contributed by atoms with Crippen molar-refractivity contribution >= 4 is 22.2 Å². The minimum Gasteiger partial charge on any atom is -0.508 e. The van der Waals surface area contributed by atoms with Crippen molar-refractivity contribution in [2.45, 2.75) is 42.7 Å². The zero-order chi connectivity index (χ0) is 24.2. The molecule has 1 aliphatic rings. The van der Waals surface area contributed by atoms with Crippen LogP contribution in [0, 0.1) is 13.8 Å². The summed E-state index contributed by atoms with van der Waals surface area (Å²) >= 11 is 0. The molecule has 3 N–H and O–H groups in total. The highest BCUT2D eigenvalue weighted by Gasteiger charge is 2.29. The lowest BCUT2D eigenvalue weighted by atomic mass is 10.1. The highest BCUT2D eigenvalue weighted by Crippen LogP contribution is 2.44. The number of phenolic OH excluding ortho intramolecular Hbond substituents is 1. The van der Waals surface area contributed by atoms with Crippen LogP contribution in [0.5, 0.6) is 5.75 Å². The van der Waals surface area contributed by atoms with E-state index in [4.69, 9.17) is 0 Å². The van der Waals surface area contributed by atoms with Crippen LogP contribution in [0.25, 0.3) is 0 Å². The monoisotopic (exact) mass is 480 g/mol. The minimum atomic E-state index is -1.22. The van der Waals surface area contributed by atoms with Crippen LogP contribution in [0.3, 0.4) is 0 Å². The van der Waals surface area contributed by atoms with Gasteiger partial charge in [-0.3, -0.25) is 4.90 Å². The van der Waals surface area contributed by atoms with Crippen molar-refractivity contribution in [1.29, 1.82) is 0 Å². The van der Waals surface area contributed by atoms with Crippen molar-refractivity contribution in [2.24, 2.45) is 0 Å². The number of fused-ring (bicyclic) bond motifs is 2. The van der Waals surface area contributed by atoms with Gasteiger partial charge in [0.1, 0.15) is 5.75 Å². The zero-order valence-electron chi connectivity index (χ0n) is 19.6. The Hall–Kier alpha value is -2.71. The number of hydrogen-bond donors (Lipinski definition) is 3. The summed E-state index contributed by atoms with van der Waals surface area (Å²) in [6.07, 6.45) is -0.0749. The highest BCUT2D eigenvalue weighted by molar-refractivity contribution is 7.85. The highest BCUT2D eigenvalue weighted by atomic mass is 32.2. The van der Waals surface area contributed by atoms with E-state index in [0.29, 0.717) is 26.2 Å². The number of benzene rings is 3. The maximum atomic E-state index is 13.3. The molecule has 0 saturated heterocycles. The lowest BCUT2D eigenvalue weighted by Gasteiger charge is -2.35. The van der Waals surface area contributed by atoms with Gasteiger partial charge in [0.15, 0.2) is 0 Å². The number of aromatic hydroxyl groups is 1. The molecule has 3 aromatic rings. The van der Waals surface area contributed by atoms with Crippen LogP contribution < -0.4 is 4.90 Å². The van der Waals surface area contributed by atoms with Gasteiger partial charge in [-0.25, -0.2) is 4.21 Å². The summed E-state index contributed by atoms with van der Waals surface area (Å²) in [6, 6.07) is 19.0. The summed E-state index contributed by atoms with van der Waals surface area (Å²) < 4.78 is 13.3. The van der Waals surface area contributed by atoms with Gasteiger partial charge in [0, 0.05) is 31.7 Å². The second-order valence-electron chi connectivity index (χ2n) is 8.80. The Morgan fingerprint density at radius 1 is 1.00 bits per heavy atom. The Morgan fingerprint density at radius 2 is 1.74 bits per heavy atom. The first-order valence-corrected chi connectivity index (χ1v) is 12.7. The SMILES string of the molecule is Cc1ccc2c(c1C)N(CCCN(Cc1ccccc1O)CC(O)CO)c1ccccc1S2=O. The number of nitrogens with zero attached hydrogens (tertiary/aromatic N) is 2. The first kappa shape index (κ1) is 24.4. The summed E-state index contributed by atoms with van der Waals surface area (Å²) in [7, 11) is -1.22. The first-order valence-electron chi connectivity index (χ1n) is 11.6. The van der Waals surface area contributed by atoms with Crippen LogP contribution in [-0.4, -0.2) is 56.8 Å². The normalized spacial score (nSPS) is 15.8. The van der Waals surface area contributed by atoms with Gasteiger partial charge in [0.25, 0.3) is 0 Å². The summed E-state index contributed by atoms with van der Waals surface area (Å²) in [6.45, 7) is 5.98. The van der Waals surface area contributed by atoms with E-state index in [0.717, 1.165) is 44.3 Å². The van der Waals surface area contributed by atoms with E-state index in [1.165, 1.54) is 0 Å². The number of aryl methyl sites for hydroxylation is 1. The van der Waals surface area contributed by atoms with Gasteiger partial charge in [-0.1, -0.05) is 36.4 Å². The molecular formula is C27H32N2O4S. The van der Waals surface area contributed by atoms with Crippen molar-refractivity contribution in [1.82, 2.24) is 4.90 Å². The molecule has 0 fully saturated rings. The van der Waals surface area contributed by atoms with Gasteiger partial charge < -0.3 is 20.2 Å². The molecule has 2 atom stereocenters. The van der Waals surface area contributed by atoms with Gasteiger partial charge in [-0.15, -0.1) is 0 Å². The zero-order valence-corrected chi connectivity index (χ0v) is 20.5. The van der Waals surface area contributed by atoms with E-state index >= 15 is 0 Å². The fourth-order valence-electron chi connectivity index (χ4n) is 4.50. The number of para-hydroxylation sites is 2. The molecule has 0 bridgehead atoms. The second kappa shape index (κ2) is 10.7. The largest absolute Gasteiger partial charge is 0.508 e. The van der Waals surface area contributed by atoms with E-state index in [9.17, 15) is 19.5 Å². The lowest BCUT2D eigenvalue weighted by molar-refractivity contribution is 0.0563. The number of anilines is 2. The van der Waals surface area contributed by atoms with Crippen LogP contribution in [-0.2, 0) is 17.3 Å². The van der Waals surface area contributed by atoms with Crippen LogP contribution in [0.1, 0.15) is 23.1 Å². The summed E-state index contributed by atoms with van der Waals surface area (Å²) in [5.41, 5.74) is 5.04. The molecule has 3 aromatic carbocycles. The van der Waals surface area contributed by atoms with E-state index in [2.05, 4.69) is 18.7 Å². The fraction of sp³-hybridized carbons (Fsp3) is 0.333. The molecule has 2 unspecified atom stereocenters. The molecule has 7 heteroatoms. The van der Waals surface area contributed by atoms with Crippen LogP contribution in [0.2, 0.25) is 0 Å². The Morgan fingerprint density at radius 3 is 2.50 bits per heavy atom. The number of hydrogen-bond acceptors (Lipinski definition) is 6. The molecule has 0 aliphatic carbocycles. The lowest BCUT2D eigenvalue weighted by Crippen LogP contribution is -2.36. The average Bonchev–Trinajstić information content (AvgIpc) is 2.84. The number of phenols is 1. The molecule has 0 aromatic heterocycles. The van der Waals surface area contributed by atoms with Crippen molar-refractivity contribution in [3.05, 3.63) is 77.4 Å². The maximum absolute atomic E-state index is 13.3. The number of rotatable bonds is 9. The molecule has 6 nitrogen and oxygen atoms in total. The van der Waals surface area contributed by atoms with Crippen LogP contribution in [0.4, 0.5) is 11.4 Å². The van der Waals surface area contributed by atoms with E-state index in [1.54, 1.807) is 12.1 Å². The molecule has 0 amide bonds. The standard InChI is InChI=1S/C27H32N2O4S/c1-19-12-13-26-27(20(19)2)29(23-9-4-6-11-25(23)34(26)33)15-7-14-28(17-22(31)18-30)16-21-8-3-5-10-24(21)32/h3-6,8-13,22,30-32H,7,14-18H2,1-2H3. The Labute approximate surface area is 203 Å². The van der Waals surface area contributed by atoms with Gasteiger partial charge >= 0.3 is 0 Å². The summed E-state index contributed by atoms with van der Waals surface area (Å²) in [5, 5.41) is 29.7. The molecule has 0 radical (unpaired) electrons. The molecule has 4 rings (SSSR count).